The molecule has 2 heteroatoms. The maximum absolute atomic E-state index is 5.83. The Morgan fingerprint density at radius 3 is 2.93 bits per heavy atom. The Morgan fingerprint density at radius 1 is 1.40 bits per heavy atom. The van der Waals surface area contributed by atoms with Crippen LogP contribution in [0.2, 0.25) is 19.6 Å². The molecule has 0 bridgehead atoms. The molecule has 0 radical (unpaired) electrons. The normalized spacial score (nSPS) is 29.9. The first-order valence-electron chi connectivity index (χ1n) is 6.10. The molecule has 0 aromatic rings. The minimum absolute atomic E-state index is 0.426. The standard InChI is InChI=1S/C13H22OSi/c1-15(2,3)10-11-8-9-14-13-7-5-4-6-12(11)13/h6,10,13H,4-5,7-9H2,1-3H3/b11-10-. The lowest BCUT2D eigenvalue weighted by Gasteiger charge is -2.32. The molecule has 1 aliphatic heterocycles. The van der Waals surface area contributed by atoms with Crippen LogP contribution in [-0.4, -0.2) is 20.8 Å². The van der Waals surface area contributed by atoms with E-state index in [4.69, 9.17) is 4.74 Å². The summed E-state index contributed by atoms with van der Waals surface area (Å²) in [7, 11) is -1.08. The van der Waals surface area contributed by atoms with Gasteiger partial charge < -0.3 is 4.74 Å². The Balaban J connectivity index is 2.24. The van der Waals surface area contributed by atoms with Crippen LogP contribution in [0.5, 0.6) is 0 Å². The van der Waals surface area contributed by atoms with Crippen LogP contribution >= 0.6 is 0 Å². The zero-order valence-electron chi connectivity index (χ0n) is 10.2. The molecule has 0 aromatic carbocycles. The third-order valence-corrected chi connectivity index (χ3v) is 4.26. The second-order valence-corrected chi connectivity index (χ2v) is 10.8. The predicted octanol–water partition coefficient (Wildman–Crippen LogP) is 3.69. The topological polar surface area (TPSA) is 9.23 Å². The van der Waals surface area contributed by atoms with Crippen LogP contribution in [0, 0.1) is 0 Å². The second kappa shape index (κ2) is 4.26. The molecule has 1 aliphatic carbocycles. The molecular formula is C13H22OSi. The summed E-state index contributed by atoms with van der Waals surface area (Å²) in [5.74, 6) is 0. The Morgan fingerprint density at radius 2 is 2.20 bits per heavy atom. The van der Waals surface area contributed by atoms with Crippen molar-refractivity contribution in [2.45, 2.75) is 51.4 Å². The van der Waals surface area contributed by atoms with Gasteiger partial charge in [0.2, 0.25) is 0 Å². The molecule has 1 saturated heterocycles. The van der Waals surface area contributed by atoms with Gasteiger partial charge in [-0.1, -0.05) is 31.4 Å². The van der Waals surface area contributed by atoms with Crippen molar-refractivity contribution in [1.82, 2.24) is 0 Å². The molecule has 0 aromatic heterocycles. The summed E-state index contributed by atoms with van der Waals surface area (Å²) < 4.78 is 5.83. The van der Waals surface area contributed by atoms with Gasteiger partial charge in [-0.2, -0.15) is 0 Å². The first-order valence-corrected chi connectivity index (χ1v) is 9.68. The summed E-state index contributed by atoms with van der Waals surface area (Å²) in [5, 5.41) is 0. The van der Waals surface area contributed by atoms with Gasteiger partial charge in [-0.15, -0.1) is 0 Å². The second-order valence-electron chi connectivity index (χ2n) is 5.74. The fourth-order valence-corrected chi connectivity index (χ4v) is 3.85. The zero-order chi connectivity index (χ0) is 10.9. The van der Waals surface area contributed by atoms with Crippen molar-refractivity contribution in [2.24, 2.45) is 0 Å². The van der Waals surface area contributed by atoms with Crippen molar-refractivity contribution in [3.63, 3.8) is 0 Å². The fourth-order valence-electron chi connectivity index (χ4n) is 2.49. The predicted molar refractivity (Wildman–Crippen MR) is 67.7 cm³/mol. The molecule has 15 heavy (non-hydrogen) atoms. The average Bonchev–Trinajstić information content (AvgIpc) is 2.16. The van der Waals surface area contributed by atoms with Gasteiger partial charge in [0, 0.05) is 0 Å². The van der Waals surface area contributed by atoms with Crippen LogP contribution in [0.1, 0.15) is 25.7 Å². The number of ether oxygens (including phenoxy) is 1. The smallest absolute Gasteiger partial charge is 0.0824 e. The molecule has 1 fully saturated rings. The first kappa shape index (κ1) is 11.2. The molecule has 1 atom stereocenters. The summed E-state index contributed by atoms with van der Waals surface area (Å²) in [6.07, 6.45) is 7.75. The summed E-state index contributed by atoms with van der Waals surface area (Å²) >= 11 is 0. The molecular weight excluding hydrogens is 200 g/mol. The van der Waals surface area contributed by atoms with E-state index in [2.05, 4.69) is 31.4 Å². The summed E-state index contributed by atoms with van der Waals surface area (Å²) in [4.78, 5) is 0. The molecule has 0 spiro atoms. The maximum Gasteiger partial charge on any atom is 0.0824 e. The highest BCUT2D eigenvalue weighted by molar-refractivity contribution is 6.81. The Labute approximate surface area is 94.2 Å². The fraction of sp³-hybridized carbons (Fsp3) is 0.692. The van der Waals surface area contributed by atoms with Crippen molar-refractivity contribution in [3.8, 4) is 0 Å². The average molecular weight is 222 g/mol. The van der Waals surface area contributed by atoms with E-state index in [1.807, 2.05) is 0 Å². The van der Waals surface area contributed by atoms with E-state index in [0.717, 1.165) is 13.0 Å². The van der Waals surface area contributed by atoms with Crippen molar-refractivity contribution < 1.29 is 4.74 Å². The van der Waals surface area contributed by atoms with Gasteiger partial charge in [-0.3, -0.25) is 0 Å². The molecule has 0 amide bonds. The summed E-state index contributed by atoms with van der Waals surface area (Å²) in [5.41, 5.74) is 5.69. The van der Waals surface area contributed by atoms with Crippen molar-refractivity contribution in [2.75, 3.05) is 6.61 Å². The number of rotatable bonds is 1. The Kier molecular flexibility index (Phi) is 3.17. The molecule has 1 heterocycles. The van der Waals surface area contributed by atoms with E-state index in [1.54, 1.807) is 5.57 Å². The SMILES string of the molecule is C[Si](C)(C)/C=C1/CCOC2CCCC=C12. The van der Waals surface area contributed by atoms with Crippen molar-refractivity contribution in [1.29, 1.82) is 0 Å². The van der Waals surface area contributed by atoms with Crippen molar-refractivity contribution in [3.05, 3.63) is 22.9 Å². The largest absolute Gasteiger partial charge is 0.373 e. The van der Waals surface area contributed by atoms with Crippen LogP contribution in [0.4, 0.5) is 0 Å². The monoisotopic (exact) mass is 222 g/mol. The van der Waals surface area contributed by atoms with Gasteiger partial charge >= 0.3 is 0 Å². The van der Waals surface area contributed by atoms with E-state index in [0.29, 0.717) is 6.10 Å². The van der Waals surface area contributed by atoms with Gasteiger partial charge in [0.15, 0.2) is 0 Å². The van der Waals surface area contributed by atoms with Crippen LogP contribution in [0.15, 0.2) is 22.9 Å². The Hall–Kier alpha value is -0.343. The van der Waals surface area contributed by atoms with E-state index in [1.165, 1.54) is 24.8 Å². The van der Waals surface area contributed by atoms with E-state index in [9.17, 15) is 0 Å². The molecule has 1 unspecified atom stereocenters. The molecule has 84 valence electrons. The van der Waals surface area contributed by atoms with Crippen LogP contribution in [0.25, 0.3) is 0 Å². The van der Waals surface area contributed by atoms with Gasteiger partial charge in [0.1, 0.15) is 0 Å². The van der Waals surface area contributed by atoms with Gasteiger partial charge in [0.25, 0.3) is 0 Å². The van der Waals surface area contributed by atoms with E-state index in [-0.39, 0.29) is 0 Å². The van der Waals surface area contributed by atoms with Gasteiger partial charge in [-0.25, -0.2) is 0 Å². The minimum Gasteiger partial charge on any atom is -0.373 e. The van der Waals surface area contributed by atoms with Crippen LogP contribution in [-0.2, 0) is 4.74 Å². The van der Waals surface area contributed by atoms with Crippen LogP contribution in [0.3, 0.4) is 0 Å². The first-order chi connectivity index (χ1) is 7.06. The van der Waals surface area contributed by atoms with Gasteiger partial charge in [0.05, 0.1) is 20.8 Å². The van der Waals surface area contributed by atoms with E-state index >= 15 is 0 Å². The molecule has 0 saturated carbocycles. The van der Waals surface area contributed by atoms with Crippen molar-refractivity contribution >= 4 is 8.07 Å². The number of hydrogen-bond donors (Lipinski definition) is 0. The zero-order valence-corrected chi connectivity index (χ0v) is 11.2. The highest BCUT2D eigenvalue weighted by Gasteiger charge is 2.26. The lowest BCUT2D eigenvalue weighted by Crippen LogP contribution is -2.28. The van der Waals surface area contributed by atoms with Gasteiger partial charge in [-0.05, 0) is 36.8 Å². The number of hydrogen-bond acceptors (Lipinski definition) is 1. The number of allylic oxidation sites excluding steroid dienone is 1. The van der Waals surface area contributed by atoms with Crippen LogP contribution < -0.4 is 0 Å². The Bertz CT molecular complexity index is 296. The lowest BCUT2D eigenvalue weighted by atomic mass is 9.88. The number of fused-ring (bicyclic) bond motifs is 1. The summed E-state index contributed by atoms with van der Waals surface area (Å²) in [6, 6.07) is 0. The maximum atomic E-state index is 5.83. The molecule has 0 N–H and O–H groups in total. The molecule has 1 nitrogen and oxygen atoms in total. The quantitative estimate of drug-likeness (QED) is 0.615. The molecule has 2 aliphatic rings. The summed E-state index contributed by atoms with van der Waals surface area (Å²) in [6.45, 7) is 8.16. The third kappa shape index (κ3) is 2.82. The highest BCUT2D eigenvalue weighted by atomic mass is 28.3. The molecule has 2 rings (SSSR count). The minimum atomic E-state index is -1.08. The van der Waals surface area contributed by atoms with E-state index < -0.39 is 8.07 Å². The highest BCUT2D eigenvalue weighted by Crippen LogP contribution is 2.33. The third-order valence-electron chi connectivity index (χ3n) is 3.05. The lowest BCUT2D eigenvalue weighted by molar-refractivity contribution is 0.0567.